The summed E-state index contributed by atoms with van der Waals surface area (Å²) in [6.45, 7) is -0.0325. The molecule has 0 amide bonds. The number of hydrogen-bond donors (Lipinski definition) is 0. The van der Waals surface area contributed by atoms with E-state index in [2.05, 4.69) is 6.07 Å². The zero-order valence-corrected chi connectivity index (χ0v) is 20.1. The first-order valence-electron chi connectivity index (χ1n) is 10.1. The number of rotatable bonds is 8. The minimum absolute atomic E-state index is 0. The number of ether oxygens (including phenoxy) is 2. The molecule has 178 valence electrons. The smallest absolute Gasteiger partial charge is 0.416 e. The number of carbonyl (C=O) groups is 1. The monoisotopic (exact) mass is 534 g/mol. The van der Waals surface area contributed by atoms with Gasteiger partial charge in [0.05, 0.1) is 19.8 Å². The molecule has 9 heteroatoms. The molecule has 0 fully saturated rings. The molecule has 0 N–H and O–H groups in total. The van der Waals surface area contributed by atoms with Crippen LogP contribution >= 0.6 is 0 Å². The normalized spacial score (nSPS) is 10.7. The van der Waals surface area contributed by atoms with Crippen LogP contribution in [0.2, 0.25) is 0 Å². The maximum absolute atomic E-state index is 13.3. The van der Waals surface area contributed by atoms with Crippen molar-refractivity contribution in [3.63, 3.8) is 0 Å². The first-order valence-corrected chi connectivity index (χ1v) is 10.1. The molecule has 3 aromatic rings. The van der Waals surface area contributed by atoms with Gasteiger partial charge in [-0.05, 0) is 36.2 Å². The molecule has 0 aliphatic carbocycles. The van der Waals surface area contributed by atoms with Crippen molar-refractivity contribution in [3.05, 3.63) is 88.7 Å². The number of aromatic nitrogens is 1. The van der Waals surface area contributed by atoms with Crippen molar-refractivity contribution in [1.29, 1.82) is 5.26 Å². The third kappa shape index (κ3) is 6.35. The molecule has 0 atom stereocenters. The van der Waals surface area contributed by atoms with Crippen LogP contribution in [0.25, 0.3) is 0 Å². The Morgan fingerprint density at radius 3 is 2.38 bits per heavy atom. The number of methoxy groups -OCH3 is 2. The van der Waals surface area contributed by atoms with Gasteiger partial charge in [0.25, 0.3) is 0 Å². The van der Waals surface area contributed by atoms with E-state index >= 15 is 0 Å². The summed E-state index contributed by atoms with van der Waals surface area (Å²) in [6, 6.07) is 14.0. The molecule has 0 saturated heterocycles. The Balaban J connectivity index is 0.00000408. The lowest BCUT2D eigenvalue weighted by Gasteiger charge is -2.11. The Kier molecular flexibility index (Phi) is 9.21. The van der Waals surface area contributed by atoms with Crippen LogP contribution in [0.3, 0.4) is 0 Å². The van der Waals surface area contributed by atoms with Crippen molar-refractivity contribution >= 4 is 5.78 Å². The predicted octanol–water partition coefficient (Wildman–Crippen LogP) is 1.75. The van der Waals surface area contributed by atoms with Crippen molar-refractivity contribution in [1.82, 2.24) is 0 Å². The summed E-state index contributed by atoms with van der Waals surface area (Å²) >= 11 is 0. The number of hydrogen-bond acceptors (Lipinski definition) is 4. The van der Waals surface area contributed by atoms with E-state index in [1.54, 1.807) is 36.5 Å². The third-order valence-corrected chi connectivity index (χ3v) is 5.23. The topological polar surface area (TPSA) is 63.2 Å². The van der Waals surface area contributed by atoms with E-state index in [-0.39, 0.29) is 41.3 Å². The molecular weight excluding hydrogens is 513 g/mol. The number of aryl methyl sites for hydroxylation is 1. The highest BCUT2D eigenvalue weighted by Crippen LogP contribution is 2.32. The molecule has 1 heterocycles. The zero-order valence-electron chi connectivity index (χ0n) is 18.5. The average molecular weight is 535 g/mol. The molecule has 0 radical (unpaired) electrons. The summed E-state index contributed by atoms with van der Waals surface area (Å²) in [4.78, 5) is 12.6. The predicted molar refractivity (Wildman–Crippen MR) is 114 cm³/mol. The molecule has 0 aliphatic heterocycles. The molecule has 34 heavy (non-hydrogen) atoms. The Bertz CT molecular complexity index is 1210. The summed E-state index contributed by atoms with van der Waals surface area (Å²) in [5, 5.41) is 9.54. The standard InChI is InChI=1S/C25H22F3N2O3.BrH/c1-32-23-10-8-18(13-24(23)33-2)22(31)9-7-17-11-12-30(16-20(17)14-29)15-19-5-3-4-6-21(19)25(26,27)28;/h3-6,8,10-13,16H,7,9,15H2,1-2H3;1H/q+1;/p-1. The maximum atomic E-state index is 13.3. The lowest BCUT2D eigenvalue weighted by atomic mass is 10.0. The number of ketones is 1. The van der Waals surface area contributed by atoms with Crippen molar-refractivity contribution in [2.24, 2.45) is 0 Å². The highest BCUT2D eigenvalue weighted by Gasteiger charge is 2.33. The largest absolute Gasteiger partial charge is 1.00 e. The minimum Gasteiger partial charge on any atom is -1.00 e. The van der Waals surface area contributed by atoms with Crippen LogP contribution in [0.1, 0.15) is 39.0 Å². The fourth-order valence-electron chi connectivity index (χ4n) is 3.52. The van der Waals surface area contributed by atoms with E-state index in [1.807, 2.05) is 0 Å². The van der Waals surface area contributed by atoms with Crippen LogP contribution in [0, 0.1) is 11.3 Å². The molecular formula is C25H22BrF3N2O3. The Hall–Kier alpha value is -3.38. The van der Waals surface area contributed by atoms with Gasteiger partial charge < -0.3 is 26.5 Å². The SMILES string of the molecule is COc1ccc(C(=O)CCc2cc[n+](Cc3ccccc3C(F)(F)F)cc2C#N)cc1OC.[Br-]. The number of carbonyl (C=O) groups excluding carboxylic acids is 1. The number of benzene rings is 2. The van der Waals surface area contributed by atoms with Crippen LogP contribution in [-0.4, -0.2) is 20.0 Å². The molecule has 2 aromatic carbocycles. The molecule has 5 nitrogen and oxygen atoms in total. The lowest BCUT2D eigenvalue weighted by molar-refractivity contribution is -0.688. The quantitative estimate of drug-likeness (QED) is 0.326. The Labute approximate surface area is 206 Å². The molecule has 3 rings (SSSR count). The van der Waals surface area contributed by atoms with Crippen molar-refractivity contribution in [2.75, 3.05) is 14.2 Å². The fraction of sp³-hybridized carbons (Fsp3) is 0.240. The van der Waals surface area contributed by atoms with Crippen LogP contribution in [0.5, 0.6) is 11.5 Å². The number of nitriles is 1. The van der Waals surface area contributed by atoms with Crippen LogP contribution < -0.4 is 31.0 Å². The zero-order chi connectivity index (χ0) is 24.0. The van der Waals surface area contributed by atoms with Crippen molar-refractivity contribution in [3.8, 4) is 17.6 Å². The van der Waals surface area contributed by atoms with E-state index in [4.69, 9.17) is 9.47 Å². The summed E-state index contributed by atoms with van der Waals surface area (Å²) in [5.41, 5.74) is 0.811. The minimum atomic E-state index is -4.46. The second kappa shape index (κ2) is 11.7. The first-order chi connectivity index (χ1) is 15.8. The maximum Gasteiger partial charge on any atom is 0.416 e. The number of Topliss-reactive ketones (excluding diaryl/α,β-unsaturated/α-hetero) is 1. The summed E-state index contributed by atoms with van der Waals surface area (Å²) in [7, 11) is 2.99. The second-order valence-corrected chi connectivity index (χ2v) is 7.32. The molecule has 0 spiro atoms. The highest BCUT2D eigenvalue weighted by molar-refractivity contribution is 5.96. The van der Waals surface area contributed by atoms with Crippen molar-refractivity contribution in [2.45, 2.75) is 25.6 Å². The molecule has 0 saturated carbocycles. The molecule has 0 aliphatic rings. The average Bonchev–Trinajstić information content (AvgIpc) is 2.82. The van der Waals surface area contributed by atoms with Gasteiger partial charge in [-0.25, -0.2) is 0 Å². The number of pyridine rings is 1. The van der Waals surface area contributed by atoms with E-state index in [9.17, 15) is 23.2 Å². The number of alkyl halides is 3. The first kappa shape index (κ1) is 26.9. The van der Waals surface area contributed by atoms with Gasteiger partial charge in [-0.1, -0.05) is 18.2 Å². The number of nitrogens with zero attached hydrogens (tertiary/aromatic N) is 2. The Morgan fingerprint density at radius 2 is 1.74 bits per heavy atom. The van der Waals surface area contributed by atoms with Gasteiger partial charge in [-0.15, -0.1) is 0 Å². The van der Waals surface area contributed by atoms with Gasteiger partial charge in [0, 0.05) is 23.6 Å². The molecule has 0 bridgehead atoms. The highest BCUT2D eigenvalue weighted by atomic mass is 79.9. The van der Waals surface area contributed by atoms with Gasteiger partial charge in [0.2, 0.25) is 0 Å². The lowest BCUT2D eigenvalue weighted by Crippen LogP contribution is -3.00. The van der Waals surface area contributed by atoms with E-state index in [0.29, 0.717) is 34.6 Å². The molecule has 0 unspecified atom stereocenters. The summed E-state index contributed by atoms with van der Waals surface area (Å²) < 4.78 is 51.7. The van der Waals surface area contributed by atoms with Crippen LogP contribution in [0.15, 0.2) is 60.9 Å². The van der Waals surface area contributed by atoms with Gasteiger partial charge in [0.15, 0.2) is 36.2 Å². The van der Waals surface area contributed by atoms with Crippen LogP contribution in [-0.2, 0) is 19.1 Å². The van der Waals surface area contributed by atoms with E-state index in [1.165, 1.54) is 37.1 Å². The van der Waals surface area contributed by atoms with Gasteiger partial charge in [-0.3, -0.25) is 4.79 Å². The van der Waals surface area contributed by atoms with Gasteiger partial charge in [-0.2, -0.15) is 23.0 Å². The van der Waals surface area contributed by atoms with Gasteiger partial charge >= 0.3 is 6.18 Å². The molecule has 1 aromatic heterocycles. The van der Waals surface area contributed by atoms with E-state index < -0.39 is 11.7 Å². The van der Waals surface area contributed by atoms with Crippen LogP contribution in [0.4, 0.5) is 13.2 Å². The summed E-state index contributed by atoms with van der Waals surface area (Å²) in [5.74, 6) is 0.831. The third-order valence-electron chi connectivity index (χ3n) is 5.23. The van der Waals surface area contributed by atoms with Crippen molar-refractivity contribution < 1.29 is 49.0 Å². The fourth-order valence-corrected chi connectivity index (χ4v) is 3.52. The van der Waals surface area contributed by atoms with Gasteiger partial charge in [0.1, 0.15) is 11.6 Å². The Morgan fingerprint density at radius 1 is 1.03 bits per heavy atom. The number of halogens is 4. The van der Waals surface area contributed by atoms with E-state index in [0.717, 1.165) is 6.07 Å². The summed E-state index contributed by atoms with van der Waals surface area (Å²) in [6.07, 6.45) is -0.867. The second-order valence-electron chi connectivity index (χ2n) is 7.32.